The van der Waals surface area contributed by atoms with E-state index in [0.29, 0.717) is 11.8 Å². The molecule has 4 fully saturated rings. The predicted octanol–water partition coefficient (Wildman–Crippen LogP) is 8.33. The highest BCUT2D eigenvalue weighted by Crippen LogP contribution is 2.42. The van der Waals surface area contributed by atoms with Crippen molar-refractivity contribution in [2.45, 2.75) is 136 Å². The summed E-state index contributed by atoms with van der Waals surface area (Å²) in [4.78, 5) is 12.6. The number of ether oxygens (including phenoxy) is 1. The van der Waals surface area contributed by atoms with Crippen LogP contribution in [0.15, 0.2) is 0 Å². The van der Waals surface area contributed by atoms with Gasteiger partial charge in [-0.2, -0.15) is 0 Å². The molecule has 0 amide bonds. The fraction of sp³-hybridized carbons (Fsp3) is 0.903. The number of carbonyl (C=O) groups excluding carboxylic acids is 1. The van der Waals surface area contributed by atoms with Gasteiger partial charge in [-0.05, 0) is 114 Å². The molecule has 2 nitrogen and oxygen atoms in total. The Bertz CT molecular complexity index is 640. The summed E-state index contributed by atoms with van der Waals surface area (Å²) in [6.07, 6.45) is 23.2. The van der Waals surface area contributed by atoms with Crippen molar-refractivity contribution in [3.8, 4) is 11.8 Å². The summed E-state index contributed by atoms with van der Waals surface area (Å²) in [5.41, 5.74) is 0. The SMILES string of the molecule is CCCC1CCC(C2CCC(C#CC3CCC(C(=O)OC4CCC(C)CC4)CC3)CC2)CC1. The Morgan fingerprint density at radius 3 is 1.76 bits per heavy atom. The molecule has 4 aliphatic carbocycles. The third-order valence-electron chi connectivity index (χ3n) is 9.82. The summed E-state index contributed by atoms with van der Waals surface area (Å²) in [6.45, 7) is 4.65. The van der Waals surface area contributed by atoms with Crippen molar-refractivity contribution in [1.82, 2.24) is 0 Å². The maximum absolute atomic E-state index is 12.6. The van der Waals surface area contributed by atoms with Gasteiger partial charge < -0.3 is 4.74 Å². The van der Waals surface area contributed by atoms with E-state index in [9.17, 15) is 4.79 Å². The summed E-state index contributed by atoms with van der Waals surface area (Å²) in [6, 6.07) is 0. The Kier molecular flexibility index (Phi) is 9.64. The molecular weight excluding hydrogens is 404 g/mol. The molecule has 0 aromatic heterocycles. The van der Waals surface area contributed by atoms with Gasteiger partial charge in [-0.25, -0.2) is 0 Å². The monoisotopic (exact) mass is 454 g/mol. The average Bonchev–Trinajstić information content (AvgIpc) is 2.85. The van der Waals surface area contributed by atoms with E-state index >= 15 is 0 Å². The molecule has 0 bridgehead atoms. The lowest BCUT2D eigenvalue weighted by atomic mass is 9.69. The second-order valence-corrected chi connectivity index (χ2v) is 12.3. The third-order valence-corrected chi connectivity index (χ3v) is 9.82. The molecule has 33 heavy (non-hydrogen) atoms. The molecule has 4 aliphatic rings. The minimum absolute atomic E-state index is 0.0861. The smallest absolute Gasteiger partial charge is 0.309 e. The topological polar surface area (TPSA) is 26.3 Å². The van der Waals surface area contributed by atoms with Crippen LogP contribution in [0.1, 0.15) is 129 Å². The van der Waals surface area contributed by atoms with E-state index in [-0.39, 0.29) is 18.0 Å². The van der Waals surface area contributed by atoms with Gasteiger partial charge in [0.25, 0.3) is 0 Å². The lowest BCUT2D eigenvalue weighted by molar-refractivity contribution is -0.157. The predicted molar refractivity (Wildman–Crippen MR) is 137 cm³/mol. The van der Waals surface area contributed by atoms with Crippen LogP contribution in [0.25, 0.3) is 0 Å². The summed E-state index contributed by atoms with van der Waals surface area (Å²) in [5.74, 6) is 12.5. The van der Waals surface area contributed by atoms with Crippen LogP contribution >= 0.6 is 0 Å². The molecule has 0 unspecified atom stereocenters. The van der Waals surface area contributed by atoms with Crippen LogP contribution in [0, 0.1) is 53.3 Å². The minimum atomic E-state index is 0.0861. The molecule has 4 rings (SSSR count). The van der Waals surface area contributed by atoms with E-state index in [1.54, 1.807) is 0 Å². The molecule has 0 aromatic carbocycles. The van der Waals surface area contributed by atoms with Gasteiger partial charge in [0.1, 0.15) is 6.10 Å². The highest BCUT2D eigenvalue weighted by molar-refractivity contribution is 5.72. The van der Waals surface area contributed by atoms with Crippen LogP contribution < -0.4 is 0 Å². The van der Waals surface area contributed by atoms with Crippen molar-refractivity contribution >= 4 is 5.97 Å². The molecule has 0 heterocycles. The van der Waals surface area contributed by atoms with E-state index < -0.39 is 0 Å². The number of hydrogen-bond acceptors (Lipinski definition) is 2. The first-order chi connectivity index (χ1) is 16.1. The molecule has 0 saturated heterocycles. The maximum Gasteiger partial charge on any atom is 0.309 e. The van der Waals surface area contributed by atoms with Crippen LogP contribution in [-0.4, -0.2) is 12.1 Å². The van der Waals surface area contributed by atoms with Gasteiger partial charge >= 0.3 is 5.97 Å². The van der Waals surface area contributed by atoms with Gasteiger partial charge in [-0.15, -0.1) is 0 Å². The Labute approximate surface area is 204 Å². The molecule has 0 N–H and O–H groups in total. The standard InChI is InChI=1S/C31H50O2/c1-3-4-24-9-15-27(16-10-24)28-17-11-25(12-18-28)7-8-26-13-19-29(20-14-26)31(32)33-30-21-5-23(2)6-22-30/h23-30H,3-6,9-22H2,1-2H3. The number of rotatable bonds is 5. The van der Waals surface area contributed by atoms with Crippen LogP contribution in [0.5, 0.6) is 0 Å². The van der Waals surface area contributed by atoms with Gasteiger partial charge in [0.15, 0.2) is 0 Å². The molecule has 0 aromatic rings. The van der Waals surface area contributed by atoms with E-state index in [0.717, 1.165) is 62.2 Å². The summed E-state index contributed by atoms with van der Waals surface area (Å²) >= 11 is 0. The van der Waals surface area contributed by atoms with Gasteiger partial charge in [0, 0.05) is 11.8 Å². The van der Waals surface area contributed by atoms with E-state index in [2.05, 4.69) is 25.7 Å². The highest BCUT2D eigenvalue weighted by atomic mass is 16.5. The quantitative estimate of drug-likeness (QED) is 0.308. The van der Waals surface area contributed by atoms with Crippen molar-refractivity contribution in [2.75, 3.05) is 0 Å². The van der Waals surface area contributed by atoms with Crippen LogP contribution in [0.2, 0.25) is 0 Å². The molecular formula is C31H50O2. The molecule has 186 valence electrons. The molecule has 4 saturated carbocycles. The number of carbonyl (C=O) groups is 1. The number of hydrogen-bond donors (Lipinski definition) is 0. The van der Waals surface area contributed by atoms with Gasteiger partial charge in [0.05, 0.1) is 5.92 Å². The molecule has 0 spiro atoms. The van der Waals surface area contributed by atoms with E-state index in [1.807, 2.05) is 0 Å². The summed E-state index contributed by atoms with van der Waals surface area (Å²) in [7, 11) is 0. The Balaban J connectivity index is 1.12. The average molecular weight is 455 g/mol. The van der Waals surface area contributed by atoms with Gasteiger partial charge in [-0.3, -0.25) is 4.79 Å². The first-order valence-electron chi connectivity index (χ1n) is 14.8. The Morgan fingerprint density at radius 1 is 0.697 bits per heavy atom. The first kappa shape index (κ1) is 25.1. The van der Waals surface area contributed by atoms with E-state index in [4.69, 9.17) is 4.74 Å². The minimum Gasteiger partial charge on any atom is -0.462 e. The zero-order valence-electron chi connectivity index (χ0n) is 21.7. The van der Waals surface area contributed by atoms with Crippen LogP contribution in [0.4, 0.5) is 0 Å². The van der Waals surface area contributed by atoms with E-state index in [1.165, 1.54) is 77.0 Å². The van der Waals surface area contributed by atoms with Crippen molar-refractivity contribution < 1.29 is 9.53 Å². The lowest BCUT2D eigenvalue weighted by Gasteiger charge is -2.37. The maximum atomic E-state index is 12.6. The highest BCUT2D eigenvalue weighted by Gasteiger charge is 2.31. The van der Waals surface area contributed by atoms with Crippen LogP contribution in [-0.2, 0) is 9.53 Å². The van der Waals surface area contributed by atoms with Crippen molar-refractivity contribution in [2.24, 2.45) is 41.4 Å². The Hall–Kier alpha value is -0.970. The molecule has 2 heteroatoms. The molecule has 0 atom stereocenters. The second kappa shape index (κ2) is 12.7. The normalized spacial score (nSPS) is 39.8. The zero-order valence-corrected chi connectivity index (χ0v) is 21.7. The summed E-state index contributed by atoms with van der Waals surface area (Å²) in [5, 5.41) is 0. The van der Waals surface area contributed by atoms with Crippen molar-refractivity contribution in [3.63, 3.8) is 0 Å². The number of esters is 1. The largest absolute Gasteiger partial charge is 0.462 e. The molecule has 0 radical (unpaired) electrons. The fourth-order valence-corrected chi connectivity index (χ4v) is 7.41. The summed E-state index contributed by atoms with van der Waals surface area (Å²) < 4.78 is 5.87. The van der Waals surface area contributed by atoms with Gasteiger partial charge in [0.2, 0.25) is 0 Å². The first-order valence-corrected chi connectivity index (χ1v) is 14.8. The lowest BCUT2D eigenvalue weighted by Crippen LogP contribution is -2.29. The molecule has 0 aliphatic heterocycles. The van der Waals surface area contributed by atoms with Crippen molar-refractivity contribution in [1.29, 1.82) is 0 Å². The second-order valence-electron chi connectivity index (χ2n) is 12.3. The van der Waals surface area contributed by atoms with Gasteiger partial charge in [-0.1, -0.05) is 51.4 Å². The fourth-order valence-electron chi connectivity index (χ4n) is 7.41. The third kappa shape index (κ3) is 7.50. The zero-order chi connectivity index (χ0) is 23.0. The Morgan fingerprint density at radius 2 is 1.21 bits per heavy atom. The van der Waals surface area contributed by atoms with Crippen LogP contribution in [0.3, 0.4) is 0 Å². The van der Waals surface area contributed by atoms with Crippen molar-refractivity contribution in [3.05, 3.63) is 0 Å².